The molecule has 0 amide bonds. The number of hydrogen-bond acceptors (Lipinski definition) is 2. The number of alkyl halides is 2. The topological polar surface area (TPSA) is 37.3 Å². The smallest absolute Gasteiger partial charge is 0.338 e. The molecule has 2 nitrogen and oxygen atoms in total. The number of benzene rings is 1. The van der Waals surface area contributed by atoms with Crippen LogP contribution in [-0.4, -0.2) is 22.9 Å². The van der Waals surface area contributed by atoms with Crippen molar-refractivity contribution in [1.82, 2.24) is 0 Å². The van der Waals surface area contributed by atoms with Gasteiger partial charge in [-0.3, -0.25) is 4.79 Å². The van der Waals surface area contributed by atoms with Crippen LogP contribution < -0.4 is 0 Å². The number of allylic oxidation sites excluding steroid dienone is 9. The Morgan fingerprint density at radius 2 is 1.78 bits per heavy atom. The van der Waals surface area contributed by atoms with Crippen LogP contribution in [0.2, 0.25) is 0 Å². The summed E-state index contributed by atoms with van der Waals surface area (Å²) < 4.78 is 28.8. The van der Waals surface area contributed by atoms with E-state index in [1.807, 2.05) is 13.0 Å². The number of hydrogen-bond donors (Lipinski definition) is 1. The average molecular weight is 441 g/mol. The molecule has 0 saturated heterocycles. The molecule has 2 rings (SSSR count). The monoisotopic (exact) mass is 440 g/mol. The van der Waals surface area contributed by atoms with Gasteiger partial charge in [0, 0.05) is 5.56 Å². The number of carbonyl (C=O) groups excluding carboxylic acids is 1. The highest BCUT2D eigenvalue weighted by atomic mass is 19.3. The highest BCUT2D eigenvalue weighted by Gasteiger charge is 2.45. The van der Waals surface area contributed by atoms with Crippen molar-refractivity contribution >= 4 is 5.78 Å². The Morgan fingerprint density at radius 1 is 1.12 bits per heavy atom. The third kappa shape index (κ3) is 6.70. The summed E-state index contributed by atoms with van der Waals surface area (Å²) in [7, 11) is 0. The van der Waals surface area contributed by atoms with E-state index in [0.717, 1.165) is 18.1 Å². The number of aliphatic hydroxyl groups is 1. The molecule has 0 heterocycles. The van der Waals surface area contributed by atoms with E-state index in [4.69, 9.17) is 0 Å². The van der Waals surface area contributed by atoms with Crippen molar-refractivity contribution in [2.75, 3.05) is 0 Å². The number of ketones is 1. The third-order valence-electron chi connectivity index (χ3n) is 5.90. The maximum Gasteiger partial charge on any atom is 0.338 e. The minimum Gasteiger partial charge on any atom is -0.382 e. The number of aliphatic hydroxyl groups excluding tert-OH is 1. The third-order valence-corrected chi connectivity index (χ3v) is 5.90. The van der Waals surface area contributed by atoms with Crippen molar-refractivity contribution < 1.29 is 18.7 Å². The van der Waals surface area contributed by atoms with Gasteiger partial charge in [0.2, 0.25) is 5.78 Å². The molecule has 0 fully saturated rings. The second kappa shape index (κ2) is 10.8. The largest absolute Gasteiger partial charge is 0.382 e. The molecule has 0 bridgehead atoms. The average Bonchev–Trinajstić information content (AvgIpc) is 2.72. The van der Waals surface area contributed by atoms with E-state index >= 15 is 0 Å². The van der Waals surface area contributed by atoms with Crippen LogP contribution in [0.4, 0.5) is 8.78 Å². The molecule has 172 valence electrons. The first-order valence-corrected chi connectivity index (χ1v) is 11.0. The van der Waals surface area contributed by atoms with Crippen LogP contribution in [0.15, 0.2) is 89.1 Å². The van der Waals surface area contributed by atoms with Crippen LogP contribution in [0.1, 0.15) is 64.2 Å². The van der Waals surface area contributed by atoms with Crippen LogP contribution in [-0.2, 0) is 0 Å². The van der Waals surface area contributed by atoms with E-state index in [-0.39, 0.29) is 11.0 Å². The van der Waals surface area contributed by atoms with Gasteiger partial charge < -0.3 is 5.11 Å². The molecule has 32 heavy (non-hydrogen) atoms. The second-order valence-corrected chi connectivity index (χ2v) is 9.21. The van der Waals surface area contributed by atoms with Gasteiger partial charge in [0.15, 0.2) is 0 Å². The molecule has 1 aliphatic rings. The van der Waals surface area contributed by atoms with Crippen molar-refractivity contribution in [2.45, 2.75) is 65.9 Å². The Bertz CT molecular complexity index is 960. The van der Waals surface area contributed by atoms with Gasteiger partial charge in [0.25, 0.3) is 0 Å². The van der Waals surface area contributed by atoms with E-state index in [9.17, 15) is 18.7 Å². The number of rotatable bonds is 8. The minimum absolute atomic E-state index is 0.130. The van der Waals surface area contributed by atoms with Gasteiger partial charge in [0.05, 0.1) is 0 Å². The Hall–Kier alpha value is -2.59. The summed E-state index contributed by atoms with van der Waals surface area (Å²) in [6, 6.07) is 7.28. The van der Waals surface area contributed by atoms with Gasteiger partial charge in [-0.1, -0.05) is 91.3 Å². The molecule has 0 radical (unpaired) electrons. The molecular formula is C28H34F2O2. The molecule has 0 aromatic heterocycles. The Labute approximate surface area is 190 Å². The summed E-state index contributed by atoms with van der Waals surface area (Å²) in [4.78, 5) is 12.1. The molecule has 0 saturated carbocycles. The van der Waals surface area contributed by atoms with Crippen molar-refractivity contribution in [3.05, 3.63) is 94.6 Å². The molecule has 1 aromatic carbocycles. The Morgan fingerprint density at radius 3 is 2.41 bits per heavy atom. The van der Waals surface area contributed by atoms with Crippen molar-refractivity contribution in [3.63, 3.8) is 0 Å². The summed E-state index contributed by atoms with van der Waals surface area (Å²) in [6.45, 7) is 10.3. The predicted octanol–water partition coefficient (Wildman–Crippen LogP) is 7.40. The first kappa shape index (κ1) is 25.7. The lowest BCUT2D eigenvalue weighted by Gasteiger charge is -2.32. The fourth-order valence-corrected chi connectivity index (χ4v) is 3.96. The second-order valence-electron chi connectivity index (χ2n) is 9.21. The van der Waals surface area contributed by atoms with Crippen molar-refractivity contribution in [1.29, 1.82) is 0 Å². The normalized spacial score (nSPS) is 19.1. The van der Waals surface area contributed by atoms with Crippen LogP contribution in [0.5, 0.6) is 0 Å². The van der Waals surface area contributed by atoms with Gasteiger partial charge in [-0.25, -0.2) is 0 Å². The standard InChI is InChI=1S/C28H34F2O2/c1-20(16-17-24-22(3)13-10-18-27(24,4)5)11-9-12-21(2)19-25(31)28(29,30)26(32)23-14-7-6-8-15-23/h6-9,11-12,14-17,19,25,31H,10,13,18H2,1-5H3/b12-9+,17-16+,20-11+,21-19+. The van der Waals surface area contributed by atoms with Crippen molar-refractivity contribution in [2.24, 2.45) is 5.41 Å². The molecule has 0 spiro atoms. The molecule has 1 N–H and O–H groups in total. The van der Waals surface area contributed by atoms with Crippen LogP contribution >= 0.6 is 0 Å². The van der Waals surface area contributed by atoms with E-state index in [1.165, 1.54) is 48.3 Å². The molecular weight excluding hydrogens is 406 g/mol. The van der Waals surface area contributed by atoms with Gasteiger partial charge in [-0.2, -0.15) is 8.78 Å². The van der Waals surface area contributed by atoms with Gasteiger partial charge >= 0.3 is 5.92 Å². The zero-order valence-electron chi connectivity index (χ0n) is 19.7. The van der Waals surface area contributed by atoms with Crippen LogP contribution in [0.3, 0.4) is 0 Å². The molecule has 1 atom stereocenters. The number of carbonyl (C=O) groups is 1. The summed E-state index contributed by atoms with van der Waals surface area (Å²) in [5, 5.41) is 9.98. The minimum atomic E-state index is -3.90. The van der Waals surface area contributed by atoms with Crippen LogP contribution in [0.25, 0.3) is 0 Å². The molecule has 0 aliphatic heterocycles. The molecule has 4 heteroatoms. The van der Waals surface area contributed by atoms with Crippen molar-refractivity contribution in [3.8, 4) is 0 Å². The summed E-state index contributed by atoms with van der Waals surface area (Å²) in [5.74, 6) is -5.29. The Kier molecular flexibility index (Phi) is 8.68. The number of halogens is 2. The summed E-state index contributed by atoms with van der Waals surface area (Å²) >= 11 is 0. The van der Waals surface area contributed by atoms with E-state index in [2.05, 4.69) is 32.9 Å². The molecule has 1 unspecified atom stereocenters. The van der Waals surface area contributed by atoms with E-state index in [0.29, 0.717) is 5.57 Å². The lowest BCUT2D eigenvalue weighted by Crippen LogP contribution is -2.40. The van der Waals surface area contributed by atoms with Gasteiger partial charge in [0.1, 0.15) is 6.10 Å². The highest BCUT2D eigenvalue weighted by molar-refractivity contribution is 6.01. The summed E-state index contributed by atoms with van der Waals surface area (Å²) in [5.41, 5.74) is 4.32. The fraction of sp³-hybridized carbons (Fsp3) is 0.393. The Balaban J connectivity index is 2.06. The lowest BCUT2D eigenvalue weighted by atomic mass is 9.72. The zero-order chi connectivity index (χ0) is 23.9. The maximum atomic E-state index is 14.4. The lowest BCUT2D eigenvalue weighted by molar-refractivity contribution is -0.0571. The van der Waals surface area contributed by atoms with E-state index < -0.39 is 17.8 Å². The van der Waals surface area contributed by atoms with Gasteiger partial charge in [-0.05, 0) is 57.1 Å². The number of Topliss-reactive ketones (excluding diaryl/α,β-unsaturated/α-hetero) is 1. The van der Waals surface area contributed by atoms with Gasteiger partial charge in [-0.15, -0.1) is 0 Å². The summed E-state index contributed by atoms with van der Waals surface area (Å²) in [6.07, 6.45) is 11.9. The zero-order valence-corrected chi connectivity index (χ0v) is 19.7. The highest BCUT2D eigenvalue weighted by Crippen LogP contribution is 2.40. The van der Waals surface area contributed by atoms with Crippen LogP contribution in [0, 0.1) is 5.41 Å². The predicted molar refractivity (Wildman–Crippen MR) is 128 cm³/mol. The molecule has 1 aliphatic carbocycles. The fourth-order valence-electron chi connectivity index (χ4n) is 3.96. The first-order valence-electron chi connectivity index (χ1n) is 11.0. The first-order chi connectivity index (χ1) is 14.9. The maximum absolute atomic E-state index is 14.4. The SMILES string of the molecule is CC1=C(/C=C/C(C)=C/C=C/C(C)=C/C(O)C(F)(F)C(=O)c2ccccc2)C(C)(C)CCC1. The quantitative estimate of drug-likeness (QED) is 0.338. The molecule has 1 aromatic rings. The van der Waals surface area contributed by atoms with E-state index in [1.54, 1.807) is 25.1 Å².